The minimum Gasteiger partial charge on any atom is -0.375 e. The molecule has 1 amide bonds. The van der Waals surface area contributed by atoms with E-state index < -0.39 is 0 Å². The fourth-order valence-electron chi connectivity index (χ4n) is 1.99. The van der Waals surface area contributed by atoms with Crippen LogP contribution in [-0.4, -0.2) is 46.3 Å². The van der Waals surface area contributed by atoms with Crippen molar-refractivity contribution >= 4 is 5.91 Å². The van der Waals surface area contributed by atoms with Crippen LogP contribution >= 0.6 is 0 Å². The van der Waals surface area contributed by atoms with Crippen LogP contribution < -0.4 is 0 Å². The summed E-state index contributed by atoms with van der Waals surface area (Å²) in [5, 5.41) is 6.94. The minimum absolute atomic E-state index is 0.0106. The summed E-state index contributed by atoms with van der Waals surface area (Å²) >= 11 is 0. The van der Waals surface area contributed by atoms with Crippen molar-refractivity contribution < 1.29 is 9.53 Å². The van der Waals surface area contributed by atoms with Crippen LogP contribution in [0.1, 0.15) is 37.0 Å². The minimum atomic E-state index is -0.0106. The first-order valence-corrected chi connectivity index (χ1v) is 6.08. The molecule has 1 aromatic rings. The molecule has 5 nitrogen and oxygen atoms in total. The van der Waals surface area contributed by atoms with Gasteiger partial charge in [-0.25, -0.2) is 0 Å². The smallest absolute Gasteiger partial charge is 0.274 e. The Bertz CT molecular complexity index is 402. The quantitative estimate of drug-likeness (QED) is 0.841. The number of H-pyrrole nitrogens is 1. The van der Waals surface area contributed by atoms with Crippen molar-refractivity contribution in [3.63, 3.8) is 0 Å². The molecular weight excluding hydrogens is 218 g/mol. The molecule has 2 rings (SSSR count). The highest BCUT2D eigenvalue weighted by atomic mass is 16.5. The number of rotatable bonds is 2. The molecule has 0 bridgehead atoms. The SMILES string of the molecule is CCc1cc(C(=O)N2C[C@@H](C)OC[C@H]2C)n[nH]1. The van der Waals surface area contributed by atoms with E-state index in [9.17, 15) is 4.79 Å². The molecule has 1 aliphatic heterocycles. The van der Waals surface area contributed by atoms with Gasteiger partial charge in [-0.2, -0.15) is 5.10 Å². The third kappa shape index (κ3) is 2.49. The normalized spacial score (nSPS) is 25.0. The summed E-state index contributed by atoms with van der Waals surface area (Å²) in [5.74, 6) is -0.0106. The van der Waals surface area contributed by atoms with Gasteiger partial charge in [-0.3, -0.25) is 9.89 Å². The second-order valence-electron chi connectivity index (χ2n) is 4.58. The first-order valence-electron chi connectivity index (χ1n) is 6.08. The number of carbonyl (C=O) groups is 1. The Kier molecular flexibility index (Phi) is 3.47. The van der Waals surface area contributed by atoms with Gasteiger partial charge in [0, 0.05) is 12.2 Å². The van der Waals surface area contributed by atoms with E-state index in [0.29, 0.717) is 18.8 Å². The standard InChI is InChI=1S/C12H19N3O2/c1-4-10-5-11(14-13-10)12(16)15-6-9(3)17-7-8(15)2/h5,8-9H,4,6-7H2,1-3H3,(H,13,14)/t8-,9-/m1/s1. The number of aryl methyl sites for hydroxylation is 1. The van der Waals surface area contributed by atoms with E-state index in [-0.39, 0.29) is 18.1 Å². The van der Waals surface area contributed by atoms with Gasteiger partial charge in [0.1, 0.15) is 5.69 Å². The van der Waals surface area contributed by atoms with E-state index in [1.165, 1.54) is 0 Å². The van der Waals surface area contributed by atoms with Crippen LogP contribution in [0.5, 0.6) is 0 Å². The number of nitrogens with one attached hydrogen (secondary N) is 1. The molecule has 5 heteroatoms. The molecule has 0 aliphatic carbocycles. The van der Waals surface area contributed by atoms with Gasteiger partial charge >= 0.3 is 0 Å². The van der Waals surface area contributed by atoms with E-state index in [4.69, 9.17) is 4.74 Å². The maximum absolute atomic E-state index is 12.3. The molecule has 2 atom stereocenters. The van der Waals surface area contributed by atoms with Crippen LogP contribution in [0.15, 0.2) is 6.07 Å². The van der Waals surface area contributed by atoms with Crippen molar-refractivity contribution in [2.75, 3.05) is 13.2 Å². The van der Waals surface area contributed by atoms with E-state index in [1.54, 1.807) is 0 Å². The first-order chi connectivity index (χ1) is 8.11. The summed E-state index contributed by atoms with van der Waals surface area (Å²) in [6.45, 7) is 7.23. The largest absolute Gasteiger partial charge is 0.375 e. The molecular formula is C12H19N3O2. The molecule has 0 aromatic carbocycles. The fraction of sp³-hybridized carbons (Fsp3) is 0.667. The Morgan fingerprint density at radius 3 is 3.06 bits per heavy atom. The lowest BCUT2D eigenvalue weighted by molar-refractivity contribution is -0.0389. The number of amides is 1. The second kappa shape index (κ2) is 4.87. The van der Waals surface area contributed by atoms with Crippen LogP contribution in [0.2, 0.25) is 0 Å². The molecule has 0 saturated carbocycles. The third-order valence-corrected chi connectivity index (χ3v) is 3.10. The molecule has 2 heterocycles. The Hall–Kier alpha value is -1.36. The van der Waals surface area contributed by atoms with Gasteiger partial charge < -0.3 is 9.64 Å². The van der Waals surface area contributed by atoms with Gasteiger partial charge in [0.25, 0.3) is 5.91 Å². The molecule has 0 unspecified atom stereocenters. The number of carbonyl (C=O) groups excluding carboxylic acids is 1. The molecule has 17 heavy (non-hydrogen) atoms. The van der Waals surface area contributed by atoms with Gasteiger partial charge in [0.2, 0.25) is 0 Å². The van der Waals surface area contributed by atoms with E-state index in [2.05, 4.69) is 10.2 Å². The number of aromatic amines is 1. The zero-order valence-corrected chi connectivity index (χ0v) is 10.6. The van der Waals surface area contributed by atoms with Crippen LogP contribution in [0.25, 0.3) is 0 Å². The summed E-state index contributed by atoms with van der Waals surface area (Å²) in [6.07, 6.45) is 0.953. The van der Waals surface area contributed by atoms with Crippen LogP contribution in [-0.2, 0) is 11.2 Å². The Labute approximate surface area is 101 Å². The highest BCUT2D eigenvalue weighted by Crippen LogP contribution is 2.15. The summed E-state index contributed by atoms with van der Waals surface area (Å²) in [5.41, 5.74) is 1.49. The summed E-state index contributed by atoms with van der Waals surface area (Å²) in [6, 6.07) is 1.94. The number of ether oxygens (including phenoxy) is 1. The van der Waals surface area contributed by atoms with Crippen molar-refractivity contribution in [3.05, 3.63) is 17.5 Å². The lowest BCUT2D eigenvalue weighted by Crippen LogP contribution is -2.50. The average Bonchev–Trinajstić information content (AvgIpc) is 2.80. The van der Waals surface area contributed by atoms with Crippen molar-refractivity contribution in [1.29, 1.82) is 0 Å². The zero-order valence-electron chi connectivity index (χ0n) is 10.6. The number of nitrogens with zero attached hydrogens (tertiary/aromatic N) is 2. The summed E-state index contributed by atoms with van der Waals surface area (Å²) in [7, 11) is 0. The van der Waals surface area contributed by atoms with E-state index >= 15 is 0 Å². The molecule has 1 aromatic heterocycles. The molecule has 0 spiro atoms. The van der Waals surface area contributed by atoms with Gasteiger partial charge in [0.05, 0.1) is 18.8 Å². The van der Waals surface area contributed by atoms with E-state index in [1.807, 2.05) is 31.7 Å². The van der Waals surface area contributed by atoms with E-state index in [0.717, 1.165) is 12.1 Å². The van der Waals surface area contributed by atoms with Gasteiger partial charge in [-0.05, 0) is 26.3 Å². The summed E-state index contributed by atoms with van der Waals surface area (Å²) in [4.78, 5) is 14.1. The zero-order chi connectivity index (χ0) is 12.4. The molecule has 1 fully saturated rings. The fourth-order valence-corrected chi connectivity index (χ4v) is 1.99. The van der Waals surface area contributed by atoms with Crippen LogP contribution in [0, 0.1) is 0 Å². The molecule has 0 radical (unpaired) electrons. The lowest BCUT2D eigenvalue weighted by Gasteiger charge is -2.36. The number of aromatic nitrogens is 2. The predicted molar refractivity (Wildman–Crippen MR) is 63.9 cm³/mol. The Morgan fingerprint density at radius 1 is 1.65 bits per heavy atom. The molecule has 1 aliphatic rings. The Morgan fingerprint density at radius 2 is 2.41 bits per heavy atom. The number of morpholine rings is 1. The van der Waals surface area contributed by atoms with Gasteiger partial charge in [-0.15, -0.1) is 0 Å². The molecule has 1 N–H and O–H groups in total. The Balaban J connectivity index is 2.12. The van der Waals surface area contributed by atoms with Crippen molar-refractivity contribution in [3.8, 4) is 0 Å². The molecule has 94 valence electrons. The molecule has 1 saturated heterocycles. The predicted octanol–water partition coefficient (Wildman–Crippen LogP) is 1.22. The highest BCUT2D eigenvalue weighted by molar-refractivity contribution is 5.92. The van der Waals surface area contributed by atoms with Crippen molar-refractivity contribution in [1.82, 2.24) is 15.1 Å². The monoisotopic (exact) mass is 237 g/mol. The third-order valence-electron chi connectivity index (χ3n) is 3.10. The maximum atomic E-state index is 12.3. The topological polar surface area (TPSA) is 58.2 Å². The van der Waals surface area contributed by atoms with Gasteiger partial charge in [0.15, 0.2) is 0 Å². The van der Waals surface area contributed by atoms with Crippen LogP contribution in [0.4, 0.5) is 0 Å². The second-order valence-corrected chi connectivity index (χ2v) is 4.58. The van der Waals surface area contributed by atoms with Crippen LogP contribution in [0.3, 0.4) is 0 Å². The number of hydrogen-bond donors (Lipinski definition) is 1. The summed E-state index contributed by atoms with van der Waals surface area (Å²) < 4.78 is 5.51. The highest BCUT2D eigenvalue weighted by Gasteiger charge is 2.29. The average molecular weight is 237 g/mol. The number of hydrogen-bond acceptors (Lipinski definition) is 3. The van der Waals surface area contributed by atoms with Gasteiger partial charge in [-0.1, -0.05) is 6.92 Å². The first kappa shape index (κ1) is 12.1. The lowest BCUT2D eigenvalue weighted by atomic mass is 10.2. The van der Waals surface area contributed by atoms with Crippen molar-refractivity contribution in [2.24, 2.45) is 0 Å². The van der Waals surface area contributed by atoms with Crippen molar-refractivity contribution in [2.45, 2.75) is 39.3 Å². The maximum Gasteiger partial charge on any atom is 0.274 e.